The highest BCUT2D eigenvalue weighted by Crippen LogP contribution is 2.18. The van der Waals surface area contributed by atoms with Gasteiger partial charge in [0.05, 0.1) is 17.6 Å². The van der Waals surface area contributed by atoms with Crippen LogP contribution in [0.2, 0.25) is 0 Å². The predicted octanol–water partition coefficient (Wildman–Crippen LogP) is 2.85. The van der Waals surface area contributed by atoms with Crippen molar-refractivity contribution < 1.29 is 5.11 Å². The quantitative estimate of drug-likeness (QED) is 0.763. The number of phenols is 1. The van der Waals surface area contributed by atoms with Gasteiger partial charge in [-0.1, -0.05) is 28.1 Å². The molecule has 2 N–H and O–H groups in total. The fraction of sp³-hybridized carbons (Fsp3) is 0.0714. The summed E-state index contributed by atoms with van der Waals surface area (Å²) in [6.07, 6.45) is 0. The third kappa shape index (κ3) is 2.29. The number of aromatic amines is 1. The summed E-state index contributed by atoms with van der Waals surface area (Å²) in [5, 5.41) is 9.41. The van der Waals surface area contributed by atoms with Crippen molar-refractivity contribution in [1.82, 2.24) is 9.55 Å². The monoisotopic (exact) mass is 318 g/mol. The minimum atomic E-state index is -0.177. The van der Waals surface area contributed by atoms with Gasteiger partial charge >= 0.3 is 5.69 Å². The Balaban J connectivity index is 2.07. The Morgan fingerprint density at radius 1 is 1.16 bits per heavy atom. The maximum atomic E-state index is 11.9. The van der Waals surface area contributed by atoms with Crippen LogP contribution in [0.3, 0.4) is 0 Å². The van der Waals surface area contributed by atoms with Gasteiger partial charge in [0.1, 0.15) is 5.75 Å². The van der Waals surface area contributed by atoms with Crippen LogP contribution in [0.1, 0.15) is 5.56 Å². The van der Waals surface area contributed by atoms with Crippen LogP contribution < -0.4 is 5.69 Å². The topological polar surface area (TPSA) is 58.0 Å². The molecule has 0 amide bonds. The molecule has 0 saturated carbocycles. The second kappa shape index (κ2) is 4.59. The van der Waals surface area contributed by atoms with Gasteiger partial charge in [-0.15, -0.1) is 0 Å². The van der Waals surface area contributed by atoms with E-state index in [0.29, 0.717) is 12.1 Å². The molecule has 0 aliphatic carbocycles. The molecule has 3 rings (SSSR count). The first-order valence-electron chi connectivity index (χ1n) is 5.79. The zero-order chi connectivity index (χ0) is 13.4. The molecular weight excluding hydrogens is 308 g/mol. The van der Waals surface area contributed by atoms with E-state index >= 15 is 0 Å². The molecule has 0 saturated heterocycles. The molecule has 96 valence electrons. The molecule has 1 heterocycles. The van der Waals surface area contributed by atoms with Crippen molar-refractivity contribution in [3.8, 4) is 5.75 Å². The normalized spacial score (nSPS) is 11.0. The van der Waals surface area contributed by atoms with Crippen molar-refractivity contribution in [2.24, 2.45) is 0 Å². The molecule has 0 bridgehead atoms. The lowest BCUT2D eigenvalue weighted by Gasteiger charge is -2.04. The van der Waals surface area contributed by atoms with Crippen LogP contribution in [0, 0.1) is 0 Å². The minimum Gasteiger partial charge on any atom is -0.508 e. The van der Waals surface area contributed by atoms with Crippen molar-refractivity contribution in [2.75, 3.05) is 0 Å². The molecule has 1 aromatic heterocycles. The number of hydrogen-bond acceptors (Lipinski definition) is 2. The standard InChI is InChI=1S/C14H11BrN2O2/c15-10-3-1-9(2-4-10)8-17-13-6-5-11(18)7-12(13)16-14(17)19/h1-7,18H,8H2,(H,16,19). The SMILES string of the molecule is O=c1[nH]c2cc(O)ccc2n1Cc1ccc(Br)cc1. The van der Waals surface area contributed by atoms with Crippen LogP contribution in [0.25, 0.3) is 11.0 Å². The van der Waals surface area contributed by atoms with Crippen molar-refractivity contribution >= 4 is 27.0 Å². The number of H-pyrrole nitrogens is 1. The number of nitrogens with one attached hydrogen (secondary N) is 1. The summed E-state index contributed by atoms with van der Waals surface area (Å²) < 4.78 is 2.66. The van der Waals surface area contributed by atoms with Crippen LogP contribution >= 0.6 is 15.9 Å². The summed E-state index contributed by atoms with van der Waals surface area (Å²) in [7, 11) is 0. The second-order valence-corrected chi connectivity index (χ2v) is 5.26. The molecule has 0 aliphatic heterocycles. The molecule has 2 aromatic carbocycles. The van der Waals surface area contributed by atoms with Crippen LogP contribution in [0.4, 0.5) is 0 Å². The Morgan fingerprint density at radius 2 is 1.89 bits per heavy atom. The molecular formula is C14H11BrN2O2. The number of nitrogens with zero attached hydrogens (tertiary/aromatic N) is 1. The summed E-state index contributed by atoms with van der Waals surface area (Å²) >= 11 is 3.38. The highest BCUT2D eigenvalue weighted by molar-refractivity contribution is 9.10. The van der Waals surface area contributed by atoms with Crippen LogP contribution in [0.5, 0.6) is 5.75 Å². The predicted molar refractivity (Wildman–Crippen MR) is 77.5 cm³/mol. The molecule has 4 nitrogen and oxygen atoms in total. The van der Waals surface area contributed by atoms with Gasteiger partial charge in [-0.3, -0.25) is 4.57 Å². The van der Waals surface area contributed by atoms with E-state index in [1.54, 1.807) is 22.8 Å². The number of aromatic hydroxyl groups is 1. The fourth-order valence-electron chi connectivity index (χ4n) is 2.08. The number of benzene rings is 2. The molecule has 0 radical (unpaired) electrons. The zero-order valence-electron chi connectivity index (χ0n) is 9.93. The van der Waals surface area contributed by atoms with E-state index in [0.717, 1.165) is 15.6 Å². The Morgan fingerprint density at radius 3 is 2.63 bits per heavy atom. The molecule has 0 spiro atoms. The van der Waals surface area contributed by atoms with Crippen molar-refractivity contribution in [1.29, 1.82) is 0 Å². The molecule has 19 heavy (non-hydrogen) atoms. The van der Waals surface area contributed by atoms with E-state index in [1.807, 2.05) is 24.3 Å². The van der Waals surface area contributed by atoms with Crippen molar-refractivity contribution in [3.63, 3.8) is 0 Å². The van der Waals surface area contributed by atoms with Gasteiger partial charge in [0, 0.05) is 10.5 Å². The lowest BCUT2D eigenvalue weighted by molar-refractivity contribution is 0.476. The summed E-state index contributed by atoms with van der Waals surface area (Å²) in [5.41, 5.74) is 2.29. The van der Waals surface area contributed by atoms with Crippen LogP contribution in [0.15, 0.2) is 51.7 Å². The number of fused-ring (bicyclic) bond motifs is 1. The molecule has 5 heteroatoms. The first-order chi connectivity index (χ1) is 9.13. The first kappa shape index (κ1) is 12.0. The highest BCUT2D eigenvalue weighted by Gasteiger charge is 2.07. The molecule has 0 unspecified atom stereocenters. The molecule has 0 fully saturated rings. The number of imidazole rings is 1. The summed E-state index contributed by atoms with van der Waals surface area (Å²) in [5.74, 6) is 0.143. The average Bonchev–Trinajstić information content (AvgIpc) is 2.68. The third-order valence-electron chi connectivity index (χ3n) is 3.01. The summed E-state index contributed by atoms with van der Waals surface area (Å²) in [4.78, 5) is 14.7. The van der Waals surface area contributed by atoms with E-state index in [4.69, 9.17) is 0 Å². The van der Waals surface area contributed by atoms with E-state index in [1.165, 1.54) is 0 Å². The number of aromatic nitrogens is 2. The van der Waals surface area contributed by atoms with Gasteiger partial charge in [-0.2, -0.15) is 0 Å². The van der Waals surface area contributed by atoms with E-state index in [-0.39, 0.29) is 11.4 Å². The fourth-order valence-corrected chi connectivity index (χ4v) is 2.35. The van der Waals surface area contributed by atoms with E-state index < -0.39 is 0 Å². The third-order valence-corrected chi connectivity index (χ3v) is 3.54. The van der Waals surface area contributed by atoms with Gasteiger partial charge in [-0.05, 0) is 29.8 Å². The number of phenolic OH excluding ortho intramolecular Hbond substituents is 1. The number of halogens is 1. The average molecular weight is 319 g/mol. The largest absolute Gasteiger partial charge is 0.508 e. The summed E-state index contributed by atoms with van der Waals surface area (Å²) in [6.45, 7) is 0.497. The second-order valence-electron chi connectivity index (χ2n) is 4.34. The van der Waals surface area contributed by atoms with Gasteiger partial charge < -0.3 is 10.1 Å². The van der Waals surface area contributed by atoms with Crippen molar-refractivity contribution in [2.45, 2.75) is 6.54 Å². The van der Waals surface area contributed by atoms with E-state index in [9.17, 15) is 9.90 Å². The van der Waals surface area contributed by atoms with Gasteiger partial charge in [0.15, 0.2) is 0 Å². The molecule has 0 atom stereocenters. The lowest BCUT2D eigenvalue weighted by Crippen LogP contribution is -2.17. The highest BCUT2D eigenvalue weighted by atomic mass is 79.9. The van der Waals surface area contributed by atoms with E-state index in [2.05, 4.69) is 20.9 Å². The number of hydrogen-bond donors (Lipinski definition) is 2. The Bertz CT molecular complexity index is 787. The first-order valence-corrected chi connectivity index (χ1v) is 6.59. The molecule has 0 aliphatic rings. The Kier molecular flexibility index (Phi) is 2.91. The van der Waals surface area contributed by atoms with Gasteiger partial charge in [0.25, 0.3) is 0 Å². The van der Waals surface area contributed by atoms with Gasteiger partial charge in [-0.25, -0.2) is 4.79 Å². The maximum Gasteiger partial charge on any atom is 0.326 e. The Hall–Kier alpha value is -2.01. The van der Waals surface area contributed by atoms with Crippen molar-refractivity contribution in [3.05, 3.63) is 63.0 Å². The zero-order valence-corrected chi connectivity index (χ0v) is 11.5. The summed E-state index contributed by atoms with van der Waals surface area (Å²) in [6, 6.07) is 12.7. The number of rotatable bonds is 2. The van der Waals surface area contributed by atoms with Gasteiger partial charge in [0.2, 0.25) is 0 Å². The van der Waals surface area contributed by atoms with Crippen LogP contribution in [-0.2, 0) is 6.54 Å². The lowest BCUT2D eigenvalue weighted by atomic mass is 10.2. The minimum absolute atomic E-state index is 0.143. The Labute approximate surface area is 117 Å². The maximum absolute atomic E-state index is 11.9. The molecule has 3 aromatic rings. The van der Waals surface area contributed by atoms with Crippen LogP contribution in [-0.4, -0.2) is 14.7 Å². The smallest absolute Gasteiger partial charge is 0.326 e.